The summed E-state index contributed by atoms with van der Waals surface area (Å²) in [6.07, 6.45) is 2.39. The van der Waals surface area contributed by atoms with E-state index in [0.717, 1.165) is 28.0 Å². The summed E-state index contributed by atoms with van der Waals surface area (Å²) in [4.78, 5) is 4.64. The van der Waals surface area contributed by atoms with Gasteiger partial charge < -0.3 is 0 Å². The topological polar surface area (TPSA) is 36.7 Å². The molecule has 0 fully saturated rings. The van der Waals surface area contributed by atoms with Crippen LogP contribution < -0.4 is 0 Å². The van der Waals surface area contributed by atoms with Gasteiger partial charge >= 0.3 is 0 Å². The maximum absolute atomic E-state index is 8.52. The minimum atomic E-state index is 0.602. The Labute approximate surface area is 119 Å². The minimum absolute atomic E-state index is 0.602. The monoisotopic (exact) mass is 320 g/mol. The number of nitrogens with zero attached hydrogens (tertiary/aromatic N) is 2. The quantitative estimate of drug-likeness (QED) is 0.764. The number of hydrogen-bond donors (Lipinski definition) is 0. The molecule has 1 aromatic carbocycles. The third-order valence-electron chi connectivity index (χ3n) is 2.71. The van der Waals surface area contributed by atoms with Crippen LogP contribution in [0.15, 0.2) is 28.1 Å². The van der Waals surface area contributed by atoms with Crippen LogP contribution in [0.1, 0.15) is 23.4 Å². The fourth-order valence-corrected chi connectivity index (χ4v) is 2.94. The number of aryl methyl sites for hydroxylation is 2. The first-order chi connectivity index (χ1) is 8.70. The van der Waals surface area contributed by atoms with Crippen molar-refractivity contribution in [3.05, 3.63) is 38.6 Å². The molecule has 0 saturated heterocycles. The number of thiazole rings is 1. The molecule has 0 bridgehead atoms. The normalized spacial score (nSPS) is 10.3. The fourth-order valence-electron chi connectivity index (χ4n) is 1.74. The smallest absolute Gasteiger partial charge is 0.0932 e. The van der Waals surface area contributed by atoms with Crippen molar-refractivity contribution < 1.29 is 0 Å². The second-order valence-corrected chi connectivity index (χ2v) is 5.96. The Morgan fingerprint density at radius 3 is 3.06 bits per heavy atom. The number of benzene rings is 1. The van der Waals surface area contributed by atoms with Gasteiger partial charge in [0, 0.05) is 28.3 Å². The Morgan fingerprint density at radius 1 is 1.44 bits per heavy atom. The number of nitriles is 1. The highest BCUT2D eigenvalue weighted by atomic mass is 79.9. The second kappa shape index (κ2) is 6.12. The molecule has 0 saturated carbocycles. The van der Waals surface area contributed by atoms with Gasteiger partial charge in [-0.3, -0.25) is 0 Å². The molecule has 0 aliphatic heterocycles. The van der Waals surface area contributed by atoms with E-state index in [1.165, 1.54) is 11.1 Å². The lowest BCUT2D eigenvalue weighted by Gasteiger charge is -2.02. The summed E-state index contributed by atoms with van der Waals surface area (Å²) < 4.78 is 1.07. The number of unbranched alkanes of at least 4 members (excludes halogenated alkanes) is 1. The summed E-state index contributed by atoms with van der Waals surface area (Å²) in [5.41, 5.74) is 3.44. The predicted molar refractivity (Wildman–Crippen MR) is 78.5 cm³/mol. The third-order valence-corrected chi connectivity index (χ3v) is 4.11. The summed E-state index contributed by atoms with van der Waals surface area (Å²) in [5, 5.41) is 11.7. The van der Waals surface area contributed by atoms with Crippen LogP contribution in [0.4, 0.5) is 0 Å². The molecule has 1 aromatic heterocycles. The van der Waals surface area contributed by atoms with E-state index in [1.54, 1.807) is 11.3 Å². The number of hydrogen-bond acceptors (Lipinski definition) is 3. The van der Waals surface area contributed by atoms with E-state index in [-0.39, 0.29) is 0 Å². The van der Waals surface area contributed by atoms with E-state index >= 15 is 0 Å². The van der Waals surface area contributed by atoms with Crippen LogP contribution in [0.25, 0.3) is 11.3 Å². The van der Waals surface area contributed by atoms with Gasteiger partial charge in [0.25, 0.3) is 0 Å². The maximum atomic E-state index is 8.52. The van der Waals surface area contributed by atoms with Crippen molar-refractivity contribution in [2.45, 2.75) is 26.2 Å². The summed E-state index contributed by atoms with van der Waals surface area (Å²) >= 11 is 5.16. The van der Waals surface area contributed by atoms with E-state index in [1.807, 2.05) is 6.07 Å². The van der Waals surface area contributed by atoms with Crippen molar-refractivity contribution in [3.63, 3.8) is 0 Å². The Kier molecular flexibility index (Phi) is 4.51. The van der Waals surface area contributed by atoms with Gasteiger partial charge in [-0.05, 0) is 31.0 Å². The van der Waals surface area contributed by atoms with Gasteiger partial charge in [-0.2, -0.15) is 5.26 Å². The molecule has 1 heterocycles. The highest BCUT2D eigenvalue weighted by Gasteiger charge is 2.07. The van der Waals surface area contributed by atoms with Crippen LogP contribution in [-0.2, 0) is 6.42 Å². The molecule has 18 heavy (non-hydrogen) atoms. The van der Waals surface area contributed by atoms with Crippen molar-refractivity contribution >= 4 is 27.3 Å². The number of rotatable bonds is 4. The van der Waals surface area contributed by atoms with Crippen molar-refractivity contribution in [1.29, 1.82) is 5.26 Å². The summed E-state index contributed by atoms with van der Waals surface area (Å²) in [7, 11) is 0. The zero-order chi connectivity index (χ0) is 13.0. The van der Waals surface area contributed by atoms with E-state index in [0.29, 0.717) is 6.42 Å². The van der Waals surface area contributed by atoms with Gasteiger partial charge in [0.1, 0.15) is 0 Å². The Hall–Kier alpha value is -1.18. The van der Waals surface area contributed by atoms with Crippen molar-refractivity contribution in [3.8, 4) is 17.3 Å². The van der Waals surface area contributed by atoms with E-state index in [4.69, 9.17) is 5.26 Å². The minimum Gasteiger partial charge on any atom is -0.241 e. The van der Waals surface area contributed by atoms with E-state index < -0.39 is 0 Å². The second-order valence-electron chi connectivity index (χ2n) is 4.10. The molecule has 2 rings (SSSR count). The maximum Gasteiger partial charge on any atom is 0.0932 e. The average Bonchev–Trinajstić information content (AvgIpc) is 2.81. The molecule has 0 amide bonds. The molecule has 0 spiro atoms. The standard InChI is InChI=1S/C14H13BrN2S/c1-10-5-6-11(15)8-12(10)13-9-18-14(17-13)4-2-3-7-16/h5-6,8-9H,2-4H2,1H3. The van der Waals surface area contributed by atoms with Crippen LogP contribution in [0.3, 0.4) is 0 Å². The van der Waals surface area contributed by atoms with Gasteiger partial charge in [0.15, 0.2) is 0 Å². The molecule has 2 nitrogen and oxygen atoms in total. The van der Waals surface area contributed by atoms with Crippen LogP contribution in [0.2, 0.25) is 0 Å². The van der Waals surface area contributed by atoms with Gasteiger partial charge in [-0.1, -0.05) is 22.0 Å². The van der Waals surface area contributed by atoms with Crippen molar-refractivity contribution in [2.75, 3.05) is 0 Å². The lowest BCUT2D eigenvalue weighted by Crippen LogP contribution is -1.86. The summed E-state index contributed by atoms with van der Waals surface area (Å²) in [5.74, 6) is 0. The first-order valence-corrected chi connectivity index (χ1v) is 7.46. The molecular weight excluding hydrogens is 308 g/mol. The van der Waals surface area contributed by atoms with Gasteiger partial charge in [0.05, 0.1) is 16.8 Å². The van der Waals surface area contributed by atoms with Crippen molar-refractivity contribution in [1.82, 2.24) is 4.98 Å². The number of aromatic nitrogens is 1. The lowest BCUT2D eigenvalue weighted by atomic mass is 10.1. The first kappa shape index (κ1) is 13.3. The molecule has 0 atom stereocenters. The largest absolute Gasteiger partial charge is 0.241 e. The van der Waals surface area contributed by atoms with E-state index in [9.17, 15) is 0 Å². The number of halogens is 1. The Balaban J connectivity index is 2.19. The molecule has 0 N–H and O–H groups in total. The molecular formula is C14H13BrN2S. The molecule has 0 aliphatic rings. The molecule has 0 aliphatic carbocycles. The SMILES string of the molecule is Cc1ccc(Br)cc1-c1csc(CCCC#N)n1. The Bertz CT molecular complexity index is 584. The molecule has 0 unspecified atom stereocenters. The highest BCUT2D eigenvalue weighted by molar-refractivity contribution is 9.10. The lowest BCUT2D eigenvalue weighted by molar-refractivity contribution is 0.843. The van der Waals surface area contributed by atoms with E-state index in [2.05, 4.69) is 51.4 Å². The van der Waals surface area contributed by atoms with Crippen LogP contribution >= 0.6 is 27.3 Å². The van der Waals surface area contributed by atoms with Crippen molar-refractivity contribution in [2.24, 2.45) is 0 Å². The first-order valence-electron chi connectivity index (χ1n) is 5.78. The molecule has 92 valence electrons. The fraction of sp³-hybridized carbons (Fsp3) is 0.286. The zero-order valence-electron chi connectivity index (χ0n) is 10.1. The summed E-state index contributed by atoms with van der Waals surface area (Å²) in [6.45, 7) is 2.09. The van der Waals surface area contributed by atoms with Gasteiger partial charge in [-0.25, -0.2) is 4.98 Å². The van der Waals surface area contributed by atoms with Crippen LogP contribution in [-0.4, -0.2) is 4.98 Å². The molecule has 2 aromatic rings. The molecule has 0 radical (unpaired) electrons. The van der Waals surface area contributed by atoms with Crippen LogP contribution in [0, 0.1) is 18.3 Å². The molecule has 4 heteroatoms. The third kappa shape index (κ3) is 3.18. The predicted octanol–water partition coefficient (Wildman–Crippen LogP) is 4.73. The zero-order valence-corrected chi connectivity index (χ0v) is 12.5. The van der Waals surface area contributed by atoms with Gasteiger partial charge in [0.2, 0.25) is 0 Å². The average molecular weight is 321 g/mol. The summed E-state index contributed by atoms with van der Waals surface area (Å²) in [6, 6.07) is 8.40. The van der Waals surface area contributed by atoms with Gasteiger partial charge in [-0.15, -0.1) is 11.3 Å². The van der Waals surface area contributed by atoms with Crippen LogP contribution in [0.5, 0.6) is 0 Å². The Morgan fingerprint density at radius 2 is 2.28 bits per heavy atom. The highest BCUT2D eigenvalue weighted by Crippen LogP contribution is 2.28.